The number of benzene rings is 1. The van der Waals surface area contributed by atoms with Gasteiger partial charge in [0.2, 0.25) is 0 Å². The first-order valence-electron chi connectivity index (χ1n) is 6.96. The summed E-state index contributed by atoms with van der Waals surface area (Å²) in [4.78, 5) is 14.1. The van der Waals surface area contributed by atoms with E-state index >= 15 is 0 Å². The minimum Gasteiger partial charge on any atom is -0.465 e. The van der Waals surface area contributed by atoms with Crippen molar-refractivity contribution >= 4 is 5.97 Å². The van der Waals surface area contributed by atoms with Crippen LogP contribution in [0, 0.1) is 5.92 Å². The fourth-order valence-corrected chi connectivity index (χ4v) is 2.18. The van der Waals surface area contributed by atoms with Gasteiger partial charge in [-0.05, 0) is 17.5 Å². The number of carbonyl (C=O) groups is 1. The standard InChI is InChI=1S/C16H25NO3/c1-13(2)11-17(9-10-19-3)12-14-7-5-6-8-15(14)16(18)20-4/h5-8,13H,9-12H2,1-4H3. The van der Waals surface area contributed by atoms with Gasteiger partial charge in [-0.25, -0.2) is 4.79 Å². The van der Waals surface area contributed by atoms with Crippen molar-refractivity contribution in [1.29, 1.82) is 0 Å². The zero-order valence-electron chi connectivity index (χ0n) is 12.9. The van der Waals surface area contributed by atoms with Crippen LogP contribution >= 0.6 is 0 Å². The fraction of sp³-hybridized carbons (Fsp3) is 0.562. The Bertz CT molecular complexity index is 418. The molecular formula is C16H25NO3. The molecule has 0 aliphatic heterocycles. The van der Waals surface area contributed by atoms with Gasteiger partial charge in [-0.15, -0.1) is 0 Å². The van der Waals surface area contributed by atoms with Crippen LogP contribution in [0.15, 0.2) is 24.3 Å². The maximum atomic E-state index is 11.8. The molecule has 0 aliphatic rings. The highest BCUT2D eigenvalue weighted by atomic mass is 16.5. The first-order chi connectivity index (χ1) is 9.58. The van der Waals surface area contributed by atoms with Gasteiger partial charge in [0, 0.05) is 26.7 Å². The van der Waals surface area contributed by atoms with Crippen LogP contribution in [-0.2, 0) is 16.0 Å². The predicted octanol–water partition coefficient (Wildman–Crippen LogP) is 2.58. The van der Waals surface area contributed by atoms with E-state index in [0.29, 0.717) is 18.1 Å². The molecule has 0 spiro atoms. The smallest absolute Gasteiger partial charge is 0.338 e. The fourth-order valence-electron chi connectivity index (χ4n) is 2.18. The monoisotopic (exact) mass is 279 g/mol. The van der Waals surface area contributed by atoms with Crippen LogP contribution in [0.2, 0.25) is 0 Å². The van der Waals surface area contributed by atoms with Crippen molar-refractivity contribution < 1.29 is 14.3 Å². The molecule has 112 valence electrons. The molecule has 0 N–H and O–H groups in total. The van der Waals surface area contributed by atoms with Crippen LogP contribution in [-0.4, -0.2) is 44.8 Å². The highest BCUT2D eigenvalue weighted by molar-refractivity contribution is 5.90. The van der Waals surface area contributed by atoms with E-state index in [2.05, 4.69) is 18.7 Å². The second-order valence-electron chi connectivity index (χ2n) is 5.27. The lowest BCUT2D eigenvalue weighted by Gasteiger charge is -2.24. The molecule has 4 heteroatoms. The Balaban J connectivity index is 2.83. The molecule has 1 rings (SSSR count). The van der Waals surface area contributed by atoms with Crippen molar-refractivity contribution in [2.24, 2.45) is 5.92 Å². The Labute approximate surface area is 121 Å². The van der Waals surface area contributed by atoms with Crippen LogP contribution in [0.5, 0.6) is 0 Å². The Morgan fingerprint density at radius 3 is 2.55 bits per heavy atom. The van der Waals surface area contributed by atoms with Crippen molar-refractivity contribution in [2.45, 2.75) is 20.4 Å². The molecule has 0 radical (unpaired) electrons. The van der Waals surface area contributed by atoms with Crippen molar-refractivity contribution in [1.82, 2.24) is 4.90 Å². The molecular weight excluding hydrogens is 254 g/mol. The summed E-state index contributed by atoms with van der Waals surface area (Å²) in [5.74, 6) is 0.286. The van der Waals surface area contributed by atoms with Gasteiger partial charge in [-0.2, -0.15) is 0 Å². The van der Waals surface area contributed by atoms with Crippen molar-refractivity contribution in [2.75, 3.05) is 33.9 Å². The quantitative estimate of drug-likeness (QED) is 0.686. The molecule has 20 heavy (non-hydrogen) atoms. The second-order valence-corrected chi connectivity index (χ2v) is 5.27. The predicted molar refractivity (Wildman–Crippen MR) is 79.8 cm³/mol. The normalized spacial score (nSPS) is 11.1. The maximum Gasteiger partial charge on any atom is 0.338 e. The molecule has 1 aromatic carbocycles. The highest BCUT2D eigenvalue weighted by Crippen LogP contribution is 2.14. The third kappa shape index (κ3) is 5.31. The van der Waals surface area contributed by atoms with Gasteiger partial charge in [0.25, 0.3) is 0 Å². The minimum atomic E-state index is -0.281. The van der Waals surface area contributed by atoms with Crippen molar-refractivity contribution in [3.8, 4) is 0 Å². The Hall–Kier alpha value is -1.39. The maximum absolute atomic E-state index is 11.8. The summed E-state index contributed by atoms with van der Waals surface area (Å²) in [7, 11) is 3.12. The second kappa shape index (κ2) is 8.72. The van der Waals surface area contributed by atoms with Crippen molar-refractivity contribution in [3.05, 3.63) is 35.4 Å². The number of rotatable bonds is 8. The molecule has 4 nitrogen and oxygen atoms in total. The first-order valence-corrected chi connectivity index (χ1v) is 6.96. The first kappa shape index (κ1) is 16.7. The number of carbonyl (C=O) groups excluding carboxylic acids is 1. The number of nitrogens with zero attached hydrogens (tertiary/aromatic N) is 1. The number of hydrogen-bond donors (Lipinski definition) is 0. The number of methoxy groups -OCH3 is 2. The van der Waals surface area contributed by atoms with Gasteiger partial charge >= 0.3 is 5.97 Å². The van der Waals surface area contributed by atoms with Gasteiger partial charge in [0.15, 0.2) is 0 Å². The molecule has 0 amide bonds. The highest BCUT2D eigenvalue weighted by Gasteiger charge is 2.14. The molecule has 0 unspecified atom stereocenters. The summed E-state index contributed by atoms with van der Waals surface area (Å²) in [6.07, 6.45) is 0. The summed E-state index contributed by atoms with van der Waals surface area (Å²) < 4.78 is 10.00. The van der Waals surface area contributed by atoms with E-state index in [0.717, 1.165) is 25.2 Å². The average molecular weight is 279 g/mol. The molecule has 0 fully saturated rings. The summed E-state index contributed by atoms with van der Waals surface area (Å²) >= 11 is 0. The minimum absolute atomic E-state index is 0.281. The Morgan fingerprint density at radius 2 is 1.95 bits per heavy atom. The van der Waals surface area contributed by atoms with Gasteiger partial charge in [0.05, 0.1) is 19.3 Å². The summed E-state index contributed by atoms with van der Waals surface area (Å²) in [6, 6.07) is 7.60. The van der Waals surface area contributed by atoms with E-state index in [1.54, 1.807) is 7.11 Å². The van der Waals surface area contributed by atoms with E-state index in [4.69, 9.17) is 9.47 Å². The van der Waals surface area contributed by atoms with Crippen LogP contribution in [0.1, 0.15) is 29.8 Å². The largest absolute Gasteiger partial charge is 0.465 e. The topological polar surface area (TPSA) is 38.8 Å². The average Bonchev–Trinajstić information content (AvgIpc) is 2.44. The molecule has 1 aromatic rings. The van der Waals surface area contributed by atoms with Crippen LogP contribution in [0.3, 0.4) is 0 Å². The molecule has 0 saturated heterocycles. The lowest BCUT2D eigenvalue weighted by Crippen LogP contribution is -2.31. The SMILES string of the molecule is COCCN(Cc1ccccc1C(=O)OC)CC(C)C. The number of esters is 1. The van der Waals surface area contributed by atoms with E-state index in [-0.39, 0.29) is 5.97 Å². The van der Waals surface area contributed by atoms with E-state index in [1.165, 1.54) is 7.11 Å². The molecule has 0 saturated carbocycles. The Kier molecular flexibility index (Phi) is 7.26. The Morgan fingerprint density at radius 1 is 1.25 bits per heavy atom. The molecule has 0 atom stereocenters. The van der Waals surface area contributed by atoms with Crippen LogP contribution in [0.4, 0.5) is 0 Å². The van der Waals surface area contributed by atoms with Crippen LogP contribution < -0.4 is 0 Å². The zero-order chi connectivity index (χ0) is 15.0. The van der Waals surface area contributed by atoms with E-state index < -0.39 is 0 Å². The van der Waals surface area contributed by atoms with Gasteiger partial charge in [0.1, 0.15) is 0 Å². The third-order valence-corrected chi connectivity index (χ3v) is 3.05. The van der Waals surface area contributed by atoms with E-state index in [1.807, 2.05) is 24.3 Å². The summed E-state index contributed by atoms with van der Waals surface area (Å²) in [5, 5.41) is 0. The lowest BCUT2D eigenvalue weighted by molar-refractivity contribution is 0.0597. The molecule has 0 aliphatic carbocycles. The van der Waals surface area contributed by atoms with Crippen molar-refractivity contribution in [3.63, 3.8) is 0 Å². The zero-order valence-corrected chi connectivity index (χ0v) is 12.9. The molecule has 0 heterocycles. The van der Waals surface area contributed by atoms with Gasteiger partial charge < -0.3 is 9.47 Å². The number of ether oxygens (including phenoxy) is 2. The summed E-state index contributed by atoms with van der Waals surface area (Å²) in [6.45, 7) is 7.61. The molecule has 0 aromatic heterocycles. The third-order valence-electron chi connectivity index (χ3n) is 3.05. The number of hydrogen-bond acceptors (Lipinski definition) is 4. The van der Waals surface area contributed by atoms with Gasteiger partial charge in [-0.1, -0.05) is 32.0 Å². The summed E-state index contributed by atoms with van der Waals surface area (Å²) in [5.41, 5.74) is 1.64. The van der Waals surface area contributed by atoms with E-state index in [9.17, 15) is 4.79 Å². The van der Waals surface area contributed by atoms with Gasteiger partial charge in [-0.3, -0.25) is 4.90 Å². The molecule has 0 bridgehead atoms. The lowest BCUT2D eigenvalue weighted by atomic mass is 10.1. The van der Waals surface area contributed by atoms with Crippen LogP contribution in [0.25, 0.3) is 0 Å².